The Hall–Kier alpha value is -2.01. The molecular formula is C16H19N3O2. The number of hydrogen-bond acceptors (Lipinski definition) is 3. The summed E-state index contributed by atoms with van der Waals surface area (Å²) in [5, 5.41) is 10.4. The molecule has 2 aromatic rings. The highest BCUT2D eigenvalue weighted by molar-refractivity contribution is 5.98. The van der Waals surface area contributed by atoms with Crippen LogP contribution in [0.1, 0.15) is 10.5 Å². The lowest BCUT2D eigenvalue weighted by molar-refractivity contribution is 0.0771. The van der Waals surface area contributed by atoms with Crippen molar-refractivity contribution < 1.29 is 9.90 Å². The van der Waals surface area contributed by atoms with Gasteiger partial charge in [0.25, 0.3) is 5.91 Å². The number of benzene rings is 1. The molecule has 2 aliphatic heterocycles. The molecule has 110 valence electrons. The van der Waals surface area contributed by atoms with Crippen LogP contribution in [0.2, 0.25) is 0 Å². The standard InChI is InChI=1S/C16H19N3O2/c1-18-6-11-8-19(9-12(11)7-18)16(21)15-5-10-4-13(20)2-3-14(10)17-15/h2-5,11-12,17,20H,6-9H2,1H3/t11-,12+. The topological polar surface area (TPSA) is 59.6 Å². The third-order valence-electron chi connectivity index (χ3n) is 4.79. The predicted octanol–water partition coefficient (Wildman–Crippen LogP) is 1.51. The largest absolute Gasteiger partial charge is 0.508 e. The van der Waals surface area contributed by atoms with Crippen molar-refractivity contribution in [2.75, 3.05) is 33.2 Å². The normalized spacial score (nSPS) is 25.7. The number of phenols is 1. The van der Waals surface area contributed by atoms with Gasteiger partial charge in [0.2, 0.25) is 0 Å². The molecule has 2 atom stereocenters. The first-order valence-corrected chi connectivity index (χ1v) is 7.40. The highest BCUT2D eigenvalue weighted by Crippen LogP contribution is 2.31. The summed E-state index contributed by atoms with van der Waals surface area (Å²) in [6, 6.07) is 6.94. The first kappa shape index (κ1) is 12.7. The fourth-order valence-electron chi connectivity index (χ4n) is 3.80. The summed E-state index contributed by atoms with van der Waals surface area (Å²) in [5.74, 6) is 1.53. The van der Waals surface area contributed by atoms with E-state index in [0.29, 0.717) is 17.5 Å². The Morgan fingerprint density at radius 1 is 1.19 bits per heavy atom. The lowest BCUT2D eigenvalue weighted by Gasteiger charge is -2.18. The highest BCUT2D eigenvalue weighted by atomic mass is 16.3. The van der Waals surface area contributed by atoms with Crippen LogP contribution in [0.25, 0.3) is 10.9 Å². The number of aromatic hydroxyl groups is 1. The number of hydrogen-bond donors (Lipinski definition) is 2. The second-order valence-electron chi connectivity index (χ2n) is 6.41. The number of nitrogens with one attached hydrogen (secondary N) is 1. The lowest BCUT2D eigenvalue weighted by Crippen LogP contribution is -2.32. The monoisotopic (exact) mass is 285 g/mol. The van der Waals surface area contributed by atoms with Gasteiger partial charge in [-0.15, -0.1) is 0 Å². The summed E-state index contributed by atoms with van der Waals surface area (Å²) in [5.41, 5.74) is 1.50. The maximum absolute atomic E-state index is 12.6. The minimum atomic E-state index is 0.0720. The van der Waals surface area contributed by atoms with Crippen LogP contribution >= 0.6 is 0 Å². The van der Waals surface area contributed by atoms with Crippen LogP contribution in [-0.2, 0) is 0 Å². The van der Waals surface area contributed by atoms with Gasteiger partial charge in [-0.1, -0.05) is 0 Å². The van der Waals surface area contributed by atoms with E-state index in [1.807, 2.05) is 11.0 Å². The summed E-state index contributed by atoms with van der Waals surface area (Å²) in [4.78, 5) is 20.1. The molecule has 2 saturated heterocycles. The molecule has 2 N–H and O–H groups in total. The third kappa shape index (κ3) is 2.08. The quantitative estimate of drug-likeness (QED) is 0.835. The van der Waals surface area contributed by atoms with Crippen molar-refractivity contribution in [2.45, 2.75) is 0 Å². The SMILES string of the molecule is CN1C[C@@H]2CN(C(=O)c3cc4cc(O)ccc4[nH]3)C[C@@H]2C1. The van der Waals surface area contributed by atoms with Crippen molar-refractivity contribution >= 4 is 16.8 Å². The first-order valence-electron chi connectivity index (χ1n) is 7.40. The summed E-state index contributed by atoms with van der Waals surface area (Å²) in [7, 11) is 2.15. The number of aromatic amines is 1. The molecule has 0 radical (unpaired) electrons. The van der Waals surface area contributed by atoms with E-state index in [1.165, 1.54) is 0 Å². The van der Waals surface area contributed by atoms with E-state index < -0.39 is 0 Å². The summed E-state index contributed by atoms with van der Waals surface area (Å²) >= 11 is 0. The van der Waals surface area contributed by atoms with Gasteiger partial charge in [-0.2, -0.15) is 0 Å². The van der Waals surface area contributed by atoms with Gasteiger partial charge in [0.1, 0.15) is 11.4 Å². The second kappa shape index (κ2) is 4.49. The molecule has 21 heavy (non-hydrogen) atoms. The van der Waals surface area contributed by atoms with E-state index >= 15 is 0 Å². The van der Waals surface area contributed by atoms with Crippen molar-refractivity contribution in [1.29, 1.82) is 0 Å². The summed E-state index contributed by atoms with van der Waals surface area (Å²) < 4.78 is 0. The molecule has 0 bridgehead atoms. The van der Waals surface area contributed by atoms with E-state index in [9.17, 15) is 9.90 Å². The molecule has 0 aliphatic carbocycles. The van der Waals surface area contributed by atoms with E-state index in [1.54, 1.807) is 18.2 Å². The van der Waals surface area contributed by atoms with Crippen molar-refractivity contribution in [3.8, 4) is 5.75 Å². The minimum absolute atomic E-state index is 0.0720. The molecule has 2 fully saturated rings. The Bertz CT molecular complexity index is 695. The lowest BCUT2D eigenvalue weighted by atomic mass is 10.0. The van der Waals surface area contributed by atoms with Crippen LogP contribution in [-0.4, -0.2) is 59.0 Å². The Morgan fingerprint density at radius 3 is 2.62 bits per heavy atom. The molecule has 1 aromatic carbocycles. The molecule has 5 heteroatoms. The maximum atomic E-state index is 12.6. The molecule has 4 rings (SSSR count). The number of H-pyrrole nitrogens is 1. The van der Waals surface area contributed by atoms with Crippen molar-refractivity contribution in [1.82, 2.24) is 14.8 Å². The number of carbonyl (C=O) groups is 1. The van der Waals surface area contributed by atoms with Gasteiger partial charge in [0, 0.05) is 37.1 Å². The fraction of sp³-hybridized carbons (Fsp3) is 0.438. The average Bonchev–Trinajstić information content (AvgIpc) is 3.08. The Labute approximate surface area is 123 Å². The van der Waals surface area contributed by atoms with E-state index in [4.69, 9.17) is 0 Å². The number of nitrogens with zero attached hydrogens (tertiary/aromatic N) is 2. The van der Waals surface area contributed by atoms with Gasteiger partial charge >= 0.3 is 0 Å². The summed E-state index contributed by atoms with van der Waals surface area (Å²) in [6.07, 6.45) is 0. The zero-order valence-electron chi connectivity index (χ0n) is 12.0. The Morgan fingerprint density at radius 2 is 1.90 bits per heavy atom. The zero-order valence-corrected chi connectivity index (χ0v) is 12.0. The Balaban J connectivity index is 1.57. The number of rotatable bonds is 1. The van der Waals surface area contributed by atoms with Gasteiger partial charge in [-0.3, -0.25) is 4.79 Å². The van der Waals surface area contributed by atoms with Crippen LogP contribution in [0, 0.1) is 11.8 Å². The zero-order chi connectivity index (χ0) is 14.6. The molecular weight excluding hydrogens is 266 g/mol. The smallest absolute Gasteiger partial charge is 0.270 e. The van der Waals surface area contributed by atoms with Crippen LogP contribution in [0.5, 0.6) is 5.75 Å². The molecule has 1 aromatic heterocycles. The van der Waals surface area contributed by atoms with Crippen molar-refractivity contribution in [3.05, 3.63) is 30.0 Å². The molecule has 0 unspecified atom stereocenters. The van der Waals surface area contributed by atoms with Gasteiger partial charge < -0.3 is 19.9 Å². The van der Waals surface area contributed by atoms with Gasteiger partial charge in [-0.25, -0.2) is 0 Å². The van der Waals surface area contributed by atoms with E-state index in [2.05, 4.69) is 16.9 Å². The predicted molar refractivity (Wildman–Crippen MR) is 80.3 cm³/mol. The van der Waals surface area contributed by atoms with E-state index in [-0.39, 0.29) is 11.7 Å². The highest BCUT2D eigenvalue weighted by Gasteiger charge is 2.40. The average molecular weight is 285 g/mol. The van der Waals surface area contributed by atoms with Crippen LogP contribution in [0.3, 0.4) is 0 Å². The molecule has 0 saturated carbocycles. The van der Waals surface area contributed by atoms with Gasteiger partial charge in [0.15, 0.2) is 0 Å². The number of phenolic OH excluding ortho intramolecular Hbond substituents is 1. The number of likely N-dealkylation sites (tertiary alicyclic amines) is 2. The first-order chi connectivity index (χ1) is 10.1. The van der Waals surface area contributed by atoms with Gasteiger partial charge in [-0.05, 0) is 43.1 Å². The number of aromatic nitrogens is 1. The third-order valence-corrected chi connectivity index (χ3v) is 4.79. The second-order valence-corrected chi connectivity index (χ2v) is 6.41. The Kier molecular flexibility index (Phi) is 2.72. The number of fused-ring (bicyclic) bond motifs is 2. The molecule has 1 amide bonds. The molecule has 5 nitrogen and oxygen atoms in total. The minimum Gasteiger partial charge on any atom is -0.508 e. The molecule has 3 heterocycles. The van der Waals surface area contributed by atoms with Crippen LogP contribution < -0.4 is 0 Å². The number of carbonyl (C=O) groups excluding carboxylic acids is 1. The summed E-state index contributed by atoms with van der Waals surface area (Å²) in [6.45, 7) is 3.90. The molecule has 2 aliphatic rings. The van der Waals surface area contributed by atoms with Crippen LogP contribution in [0.4, 0.5) is 0 Å². The molecule has 0 spiro atoms. The van der Waals surface area contributed by atoms with Crippen molar-refractivity contribution in [3.63, 3.8) is 0 Å². The van der Waals surface area contributed by atoms with Gasteiger partial charge in [0.05, 0.1) is 0 Å². The van der Waals surface area contributed by atoms with E-state index in [0.717, 1.165) is 37.1 Å². The maximum Gasteiger partial charge on any atom is 0.270 e. The fourth-order valence-corrected chi connectivity index (χ4v) is 3.80. The van der Waals surface area contributed by atoms with Crippen LogP contribution in [0.15, 0.2) is 24.3 Å². The van der Waals surface area contributed by atoms with Crippen molar-refractivity contribution in [2.24, 2.45) is 11.8 Å². The number of amides is 1.